The fourth-order valence-electron chi connectivity index (χ4n) is 1.74. The van der Waals surface area contributed by atoms with Crippen LogP contribution in [0.2, 0.25) is 0 Å². The summed E-state index contributed by atoms with van der Waals surface area (Å²) in [6, 6.07) is 0.769. The summed E-state index contributed by atoms with van der Waals surface area (Å²) >= 11 is 0. The van der Waals surface area contributed by atoms with Crippen LogP contribution in [0.4, 0.5) is 0 Å². The summed E-state index contributed by atoms with van der Waals surface area (Å²) in [5.74, 6) is 0.160. The maximum Gasteiger partial charge on any atom is 0.236 e. The van der Waals surface area contributed by atoms with E-state index in [4.69, 9.17) is 5.73 Å². The molecule has 1 amide bonds. The molecular formula is C10H21N3O. The van der Waals surface area contributed by atoms with Crippen molar-refractivity contribution in [2.75, 3.05) is 20.1 Å². The van der Waals surface area contributed by atoms with Gasteiger partial charge in [0.25, 0.3) is 0 Å². The average Bonchev–Trinajstić information content (AvgIpc) is 2.59. The molecule has 1 aliphatic rings. The summed E-state index contributed by atoms with van der Waals surface area (Å²) in [5, 5.41) is 3.26. The molecule has 0 aliphatic heterocycles. The van der Waals surface area contributed by atoms with Gasteiger partial charge in [-0.05, 0) is 26.2 Å². The first-order valence-electron chi connectivity index (χ1n) is 5.36. The Bertz CT molecular complexity index is 196. The van der Waals surface area contributed by atoms with E-state index in [-0.39, 0.29) is 5.91 Å². The predicted octanol–water partition coefficient (Wildman–Crippen LogP) is -0.0659. The Morgan fingerprint density at radius 1 is 1.57 bits per heavy atom. The molecule has 0 aromatic rings. The van der Waals surface area contributed by atoms with E-state index < -0.39 is 0 Å². The fourth-order valence-corrected chi connectivity index (χ4v) is 1.74. The number of carbonyl (C=O) groups is 1. The molecule has 0 saturated heterocycles. The number of likely N-dealkylation sites (N-methyl/N-ethyl adjacent to an activating group) is 1. The molecule has 0 aromatic heterocycles. The van der Waals surface area contributed by atoms with Crippen molar-refractivity contribution < 1.29 is 4.79 Å². The van der Waals surface area contributed by atoms with E-state index in [1.165, 1.54) is 0 Å². The topological polar surface area (TPSA) is 58.4 Å². The first kappa shape index (κ1) is 11.5. The van der Waals surface area contributed by atoms with Gasteiger partial charge in [0.1, 0.15) is 0 Å². The summed E-state index contributed by atoms with van der Waals surface area (Å²) < 4.78 is 0. The molecule has 4 heteroatoms. The van der Waals surface area contributed by atoms with E-state index in [0.29, 0.717) is 18.6 Å². The second kappa shape index (κ2) is 5.32. The molecule has 0 radical (unpaired) electrons. The smallest absolute Gasteiger partial charge is 0.236 e. The third-order valence-electron chi connectivity index (χ3n) is 2.92. The van der Waals surface area contributed by atoms with Crippen molar-refractivity contribution in [3.63, 3.8) is 0 Å². The fraction of sp³-hybridized carbons (Fsp3) is 0.900. The van der Waals surface area contributed by atoms with Gasteiger partial charge in [-0.3, -0.25) is 4.79 Å². The van der Waals surface area contributed by atoms with Crippen molar-refractivity contribution in [1.82, 2.24) is 10.2 Å². The monoisotopic (exact) mass is 199 g/mol. The predicted molar refractivity (Wildman–Crippen MR) is 56.9 cm³/mol. The van der Waals surface area contributed by atoms with Gasteiger partial charge < -0.3 is 16.0 Å². The Balaban J connectivity index is 2.17. The molecule has 0 spiro atoms. The first-order valence-corrected chi connectivity index (χ1v) is 5.36. The number of nitrogens with two attached hydrogens (primary N) is 1. The Labute approximate surface area is 85.8 Å². The van der Waals surface area contributed by atoms with Crippen molar-refractivity contribution in [2.24, 2.45) is 5.73 Å². The van der Waals surface area contributed by atoms with Crippen LogP contribution in [0, 0.1) is 0 Å². The molecule has 1 fully saturated rings. The molecule has 2 atom stereocenters. The molecule has 0 heterocycles. The van der Waals surface area contributed by atoms with E-state index in [2.05, 4.69) is 5.32 Å². The van der Waals surface area contributed by atoms with Crippen molar-refractivity contribution in [3.8, 4) is 0 Å². The summed E-state index contributed by atoms with van der Waals surface area (Å²) in [5.41, 5.74) is 5.78. The minimum atomic E-state index is 0.160. The van der Waals surface area contributed by atoms with Crippen LogP contribution in [-0.4, -0.2) is 43.0 Å². The number of rotatable bonds is 4. The van der Waals surface area contributed by atoms with E-state index in [9.17, 15) is 4.79 Å². The third kappa shape index (κ3) is 3.27. The summed E-state index contributed by atoms with van der Waals surface area (Å²) in [6.45, 7) is 3.19. The van der Waals surface area contributed by atoms with Gasteiger partial charge in [-0.2, -0.15) is 0 Å². The molecule has 0 bridgehead atoms. The molecule has 4 nitrogen and oxygen atoms in total. The molecule has 1 aliphatic carbocycles. The van der Waals surface area contributed by atoms with Gasteiger partial charge in [-0.15, -0.1) is 0 Å². The zero-order valence-corrected chi connectivity index (χ0v) is 9.12. The number of hydrogen-bond acceptors (Lipinski definition) is 3. The number of nitrogens with one attached hydrogen (secondary N) is 1. The second-order valence-corrected chi connectivity index (χ2v) is 4.06. The highest BCUT2D eigenvalue weighted by atomic mass is 16.2. The van der Waals surface area contributed by atoms with Gasteiger partial charge in [0.15, 0.2) is 0 Å². The van der Waals surface area contributed by atoms with Crippen LogP contribution in [0.15, 0.2) is 0 Å². The lowest BCUT2D eigenvalue weighted by molar-refractivity contribution is -0.128. The van der Waals surface area contributed by atoms with Gasteiger partial charge >= 0.3 is 0 Å². The van der Waals surface area contributed by atoms with Crippen LogP contribution in [0.5, 0.6) is 0 Å². The van der Waals surface area contributed by atoms with E-state index >= 15 is 0 Å². The Morgan fingerprint density at radius 3 is 2.79 bits per heavy atom. The van der Waals surface area contributed by atoms with E-state index in [1.807, 2.05) is 14.0 Å². The molecule has 82 valence electrons. The van der Waals surface area contributed by atoms with Crippen molar-refractivity contribution >= 4 is 5.91 Å². The van der Waals surface area contributed by atoms with Crippen LogP contribution < -0.4 is 11.1 Å². The van der Waals surface area contributed by atoms with E-state index in [1.54, 1.807) is 4.90 Å². The second-order valence-electron chi connectivity index (χ2n) is 4.06. The lowest BCUT2D eigenvalue weighted by atomic mass is 10.2. The summed E-state index contributed by atoms with van der Waals surface area (Å²) in [4.78, 5) is 13.2. The number of hydrogen-bond donors (Lipinski definition) is 2. The molecule has 0 aromatic carbocycles. The van der Waals surface area contributed by atoms with Crippen molar-refractivity contribution in [2.45, 2.75) is 38.3 Å². The van der Waals surface area contributed by atoms with Gasteiger partial charge in [0, 0.05) is 25.7 Å². The molecule has 2 unspecified atom stereocenters. The third-order valence-corrected chi connectivity index (χ3v) is 2.92. The van der Waals surface area contributed by atoms with Crippen LogP contribution in [-0.2, 0) is 4.79 Å². The SMILES string of the molecule is CCN(C)C(=O)CNC1CCC(N)C1. The van der Waals surface area contributed by atoms with Gasteiger partial charge in [0.2, 0.25) is 5.91 Å². The minimum absolute atomic E-state index is 0.160. The number of carbonyl (C=O) groups excluding carboxylic acids is 1. The minimum Gasteiger partial charge on any atom is -0.345 e. The molecular weight excluding hydrogens is 178 g/mol. The zero-order valence-electron chi connectivity index (χ0n) is 9.12. The number of amides is 1. The normalized spacial score (nSPS) is 26.5. The Kier molecular flexibility index (Phi) is 4.35. The highest BCUT2D eigenvalue weighted by Gasteiger charge is 2.21. The Morgan fingerprint density at radius 2 is 2.29 bits per heavy atom. The van der Waals surface area contributed by atoms with Crippen LogP contribution in [0.25, 0.3) is 0 Å². The lowest BCUT2D eigenvalue weighted by Crippen LogP contribution is -2.39. The number of nitrogens with zero attached hydrogens (tertiary/aromatic N) is 1. The first-order chi connectivity index (χ1) is 6.63. The Hall–Kier alpha value is -0.610. The summed E-state index contributed by atoms with van der Waals surface area (Å²) in [6.07, 6.45) is 3.18. The van der Waals surface area contributed by atoms with Gasteiger partial charge in [-0.1, -0.05) is 0 Å². The zero-order chi connectivity index (χ0) is 10.6. The van der Waals surface area contributed by atoms with Crippen LogP contribution >= 0.6 is 0 Å². The van der Waals surface area contributed by atoms with Crippen molar-refractivity contribution in [1.29, 1.82) is 0 Å². The maximum atomic E-state index is 11.4. The van der Waals surface area contributed by atoms with Crippen molar-refractivity contribution in [3.05, 3.63) is 0 Å². The van der Waals surface area contributed by atoms with Crippen LogP contribution in [0.1, 0.15) is 26.2 Å². The average molecular weight is 199 g/mol. The van der Waals surface area contributed by atoms with Crippen LogP contribution in [0.3, 0.4) is 0 Å². The summed E-state index contributed by atoms with van der Waals surface area (Å²) in [7, 11) is 1.82. The molecule has 14 heavy (non-hydrogen) atoms. The molecule has 1 rings (SSSR count). The highest BCUT2D eigenvalue weighted by Crippen LogP contribution is 2.16. The van der Waals surface area contributed by atoms with E-state index in [0.717, 1.165) is 25.8 Å². The highest BCUT2D eigenvalue weighted by molar-refractivity contribution is 5.77. The molecule has 1 saturated carbocycles. The van der Waals surface area contributed by atoms with Gasteiger partial charge in [-0.25, -0.2) is 0 Å². The lowest BCUT2D eigenvalue weighted by Gasteiger charge is -2.17. The maximum absolute atomic E-state index is 11.4. The largest absolute Gasteiger partial charge is 0.345 e. The standard InChI is InChI=1S/C10H21N3O/c1-3-13(2)10(14)7-12-9-5-4-8(11)6-9/h8-9,12H,3-7,11H2,1-2H3. The molecule has 3 N–H and O–H groups in total. The quantitative estimate of drug-likeness (QED) is 0.666. The van der Waals surface area contributed by atoms with Gasteiger partial charge in [0.05, 0.1) is 6.54 Å².